The zero-order valence-electron chi connectivity index (χ0n) is 27.5. The standard InChI is InChI=1S/C39H50O4Si/c1-7-32-29-34(19-26-38(32)42-30-31-15-11-10-12-16-31)33-17-20-35(21-18-33)40-27-13-8-9-14-28-41-36-22-24-37(25-23-36)43-44(5,6)39(2,3)4/h10-12,15-26,29H,7-9,13-14,27-28,30H2,1-6H3. The summed E-state index contributed by atoms with van der Waals surface area (Å²) in [6.07, 6.45) is 5.24. The van der Waals surface area contributed by atoms with Gasteiger partial charge in [-0.2, -0.15) is 0 Å². The molecule has 234 valence electrons. The largest absolute Gasteiger partial charge is 0.543 e. The number of aryl methyl sites for hydroxylation is 1. The Labute approximate surface area is 266 Å². The molecule has 0 saturated carbocycles. The summed E-state index contributed by atoms with van der Waals surface area (Å²) in [5.74, 6) is 3.70. The van der Waals surface area contributed by atoms with E-state index in [1.165, 1.54) is 22.3 Å². The highest BCUT2D eigenvalue weighted by Crippen LogP contribution is 2.37. The van der Waals surface area contributed by atoms with E-state index in [1.54, 1.807) is 0 Å². The van der Waals surface area contributed by atoms with Crippen LogP contribution in [0.4, 0.5) is 0 Å². The second-order valence-corrected chi connectivity index (χ2v) is 17.6. The average Bonchev–Trinajstić information content (AvgIpc) is 3.02. The van der Waals surface area contributed by atoms with E-state index in [1.807, 2.05) is 42.5 Å². The normalized spacial score (nSPS) is 11.7. The van der Waals surface area contributed by atoms with Crippen LogP contribution in [0.1, 0.15) is 64.5 Å². The number of rotatable bonds is 16. The second kappa shape index (κ2) is 15.9. The van der Waals surface area contributed by atoms with Crippen LogP contribution in [0, 0.1) is 0 Å². The van der Waals surface area contributed by atoms with Crippen molar-refractivity contribution in [3.63, 3.8) is 0 Å². The zero-order valence-corrected chi connectivity index (χ0v) is 28.5. The van der Waals surface area contributed by atoms with Gasteiger partial charge in [-0.25, -0.2) is 0 Å². The molecule has 4 aromatic carbocycles. The molecule has 0 aromatic heterocycles. The molecule has 0 bridgehead atoms. The third-order valence-corrected chi connectivity index (χ3v) is 12.8. The van der Waals surface area contributed by atoms with Crippen molar-refractivity contribution in [2.75, 3.05) is 13.2 Å². The lowest BCUT2D eigenvalue weighted by atomic mass is 10.0. The molecule has 44 heavy (non-hydrogen) atoms. The Kier molecular flexibility index (Phi) is 12.0. The van der Waals surface area contributed by atoms with E-state index in [0.717, 1.165) is 68.3 Å². The fourth-order valence-corrected chi connectivity index (χ4v) is 5.68. The van der Waals surface area contributed by atoms with Crippen LogP contribution >= 0.6 is 0 Å². The monoisotopic (exact) mass is 610 g/mol. The van der Waals surface area contributed by atoms with E-state index < -0.39 is 8.32 Å². The van der Waals surface area contributed by atoms with E-state index in [0.29, 0.717) is 6.61 Å². The SMILES string of the molecule is CCc1cc(-c2ccc(OCCCCCCOc3ccc(O[Si](C)(C)C(C)(C)C)cc3)cc2)ccc1OCc1ccccc1. The first-order valence-corrected chi connectivity index (χ1v) is 19.0. The molecule has 0 aliphatic carbocycles. The lowest BCUT2D eigenvalue weighted by molar-refractivity contribution is 0.287. The summed E-state index contributed by atoms with van der Waals surface area (Å²) in [7, 11) is -1.82. The van der Waals surface area contributed by atoms with Crippen LogP contribution < -0.4 is 18.6 Å². The van der Waals surface area contributed by atoms with Crippen molar-refractivity contribution < 1.29 is 18.6 Å². The third-order valence-electron chi connectivity index (χ3n) is 8.45. The maximum Gasteiger partial charge on any atom is 0.250 e. The predicted octanol–water partition coefficient (Wildman–Crippen LogP) is 10.9. The van der Waals surface area contributed by atoms with Crippen molar-refractivity contribution >= 4 is 8.32 Å². The van der Waals surface area contributed by atoms with E-state index in [9.17, 15) is 0 Å². The lowest BCUT2D eigenvalue weighted by Crippen LogP contribution is -2.43. The summed E-state index contributed by atoms with van der Waals surface area (Å²) in [6, 6.07) is 33.3. The minimum atomic E-state index is -1.82. The fourth-order valence-electron chi connectivity index (χ4n) is 4.64. The van der Waals surface area contributed by atoms with Crippen LogP contribution in [0.5, 0.6) is 23.0 Å². The molecule has 0 heterocycles. The van der Waals surface area contributed by atoms with Gasteiger partial charge in [0.05, 0.1) is 13.2 Å². The van der Waals surface area contributed by atoms with Gasteiger partial charge in [0.25, 0.3) is 0 Å². The molecule has 0 aliphatic rings. The van der Waals surface area contributed by atoms with Crippen molar-refractivity contribution in [3.8, 4) is 34.1 Å². The van der Waals surface area contributed by atoms with Gasteiger partial charge in [0, 0.05) is 0 Å². The molecule has 4 aromatic rings. The molecule has 5 heteroatoms. The molecule has 0 amide bonds. The van der Waals surface area contributed by atoms with Gasteiger partial charge in [-0.1, -0.05) is 76.2 Å². The Morgan fingerprint density at radius 1 is 0.591 bits per heavy atom. The number of unbranched alkanes of at least 4 members (excludes halogenated alkanes) is 3. The highest BCUT2D eigenvalue weighted by atomic mass is 28.4. The first kappa shape index (κ1) is 33.2. The van der Waals surface area contributed by atoms with Crippen molar-refractivity contribution in [1.82, 2.24) is 0 Å². The molecule has 0 unspecified atom stereocenters. The quantitative estimate of drug-likeness (QED) is 0.0934. The van der Waals surface area contributed by atoms with Crippen molar-refractivity contribution in [2.45, 2.75) is 84.5 Å². The third kappa shape index (κ3) is 9.92. The average molecular weight is 611 g/mol. The number of hydrogen-bond acceptors (Lipinski definition) is 4. The van der Waals surface area contributed by atoms with Gasteiger partial charge in [-0.15, -0.1) is 0 Å². The van der Waals surface area contributed by atoms with Crippen LogP contribution in [0.2, 0.25) is 18.1 Å². The summed E-state index contributed by atoms with van der Waals surface area (Å²) in [4.78, 5) is 0. The molecule has 0 atom stereocenters. The maximum atomic E-state index is 6.36. The molecule has 0 aliphatic heterocycles. The van der Waals surface area contributed by atoms with Crippen LogP contribution in [0.15, 0.2) is 97.1 Å². The fraction of sp³-hybridized carbons (Fsp3) is 0.385. The smallest absolute Gasteiger partial charge is 0.250 e. The van der Waals surface area contributed by atoms with Gasteiger partial charge in [0.2, 0.25) is 8.32 Å². The van der Waals surface area contributed by atoms with Crippen LogP contribution in [-0.4, -0.2) is 21.5 Å². The molecule has 0 spiro atoms. The van der Waals surface area contributed by atoms with Gasteiger partial charge in [-0.3, -0.25) is 0 Å². The molecule has 4 nitrogen and oxygen atoms in total. The summed E-state index contributed by atoms with van der Waals surface area (Å²) >= 11 is 0. The predicted molar refractivity (Wildman–Crippen MR) is 186 cm³/mol. The Hall–Kier alpha value is -3.70. The van der Waals surface area contributed by atoms with Crippen molar-refractivity contribution in [3.05, 3.63) is 108 Å². The van der Waals surface area contributed by atoms with E-state index in [2.05, 4.69) is 95.4 Å². The molecule has 0 saturated heterocycles. The van der Waals surface area contributed by atoms with E-state index in [4.69, 9.17) is 18.6 Å². The van der Waals surface area contributed by atoms with Gasteiger partial charge in [0.15, 0.2) is 0 Å². The first-order valence-electron chi connectivity index (χ1n) is 16.1. The summed E-state index contributed by atoms with van der Waals surface area (Å²) in [5.41, 5.74) is 4.76. The Balaban J connectivity index is 1.12. The Morgan fingerprint density at radius 3 is 1.70 bits per heavy atom. The van der Waals surface area contributed by atoms with Crippen molar-refractivity contribution in [1.29, 1.82) is 0 Å². The minimum Gasteiger partial charge on any atom is -0.543 e. The summed E-state index contributed by atoms with van der Waals surface area (Å²) in [5, 5.41) is 0.184. The van der Waals surface area contributed by atoms with E-state index in [-0.39, 0.29) is 5.04 Å². The molecular formula is C39H50O4Si. The number of ether oxygens (including phenoxy) is 3. The topological polar surface area (TPSA) is 36.9 Å². The van der Waals surface area contributed by atoms with Crippen LogP contribution in [0.25, 0.3) is 11.1 Å². The highest BCUT2D eigenvalue weighted by Gasteiger charge is 2.38. The van der Waals surface area contributed by atoms with Crippen LogP contribution in [0.3, 0.4) is 0 Å². The lowest BCUT2D eigenvalue weighted by Gasteiger charge is -2.36. The van der Waals surface area contributed by atoms with Gasteiger partial charge < -0.3 is 18.6 Å². The Bertz CT molecular complexity index is 1410. The maximum absolute atomic E-state index is 6.36. The first-order chi connectivity index (χ1) is 21.1. The van der Waals surface area contributed by atoms with Crippen molar-refractivity contribution in [2.24, 2.45) is 0 Å². The summed E-state index contributed by atoms with van der Waals surface area (Å²) < 4.78 is 24.5. The molecule has 0 fully saturated rings. The highest BCUT2D eigenvalue weighted by molar-refractivity contribution is 6.74. The van der Waals surface area contributed by atoms with Crippen LogP contribution in [-0.2, 0) is 13.0 Å². The van der Waals surface area contributed by atoms with Gasteiger partial charge in [0.1, 0.15) is 29.6 Å². The molecule has 0 N–H and O–H groups in total. The minimum absolute atomic E-state index is 0.184. The van der Waals surface area contributed by atoms with E-state index >= 15 is 0 Å². The number of benzene rings is 4. The summed E-state index contributed by atoms with van der Waals surface area (Å²) in [6.45, 7) is 15.5. The Morgan fingerprint density at radius 2 is 1.14 bits per heavy atom. The number of hydrogen-bond donors (Lipinski definition) is 0. The second-order valence-electron chi connectivity index (χ2n) is 12.9. The zero-order chi connectivity index (χ0) is 31.4. The molecule has 0 radical (unpaired) electrons. The van der Waals surface area contributed by atoms with Gasteiger partial charge >= 0.3 is 0 Å². The molecular weight excluding hydrogens is 561 g/mol. The van der Waals surface area contributed by atoms with Gasteiger partial charge in [-0.05, 0) is 121 Å². The molecule has 4 rings (SSSR count).